The van der Waals surface area contributed by atoms with E-state index in [0.717, 1.165) is 0 Å². The summed E-state index contributed by atoms with van der Waals surface area (Å²) in [4.78, 5) is 28.4. The van der Waals surface area contributed by atoms with Gasteiger partial charge in [-0.05, 0) is 55.8 Å². The second-order valence-corrected chi connectivity index (χ2v) is 8.35. The van der Waals surface area contributed by atoms with E-state index in [4.69, 9.17) is 37.4 Å². The van der Waals surface area contributed by atoms with Crippen molar-refractivity contribution >= 4 is 57.8 Å². The monoisotopic (exact) mass is 521 g/mol. The Kier molecular flexibility index (Phi) is 9.26. The normalized spacial score (nSPS) is 10.8. The van der Waals surface area contributed by atoms with Crippen molar-refractivity contribution in [3.8, 4) is 11.5 Å². The van der Waals surface area contributed by atoms with Crippen molar-refractivity contribution in [2.45, 2.75) is 20.3 Å². The van der Waals surface area contributed by atoms with Crippen LogP contribution in [0, 0.1) is 0 Å². The number of carbonyl (C=O) groups is 2. The van der Waals surface area contributed by atoms with Crippen molar-refractivity contribution in [3.63, 3.8) is 0 Å². The van der Waals surface area contributed by atoms with Gasteiger partial charge in [0.2, 0.25) is 5.13 Å². The molecule has 0 amide bonds. The summed E-state index contributed by atoms with van der Waals surface area (Å²) >= 11 is 13.3. The molecule has 0 aliphatic rings. The molecule has 34 heavy (non-hydrogen) atoms. The average Bonchev–Trinajstić information content (AvgIpc) is 3.22. The molecule has 2 aromatic carbocycles. The summed E-state index contributed by atoms with van der Waals surface area (Å²) in [6.45, 7) is 4.27. The molecule has 0 saturated heterocycles. The molecule has 11 heteroatoms. The maximum Gasteiger partial charge on any atom is 0.345 e. The van der Waals surface area contributed by atoms with Crippen LogP contribution in [0.1, 0.15) is 35.5 Å². The number of thiazole rings is 1. The number of aromatic nitrogens is 1. The van der Waals surface area contributed by atoms with Crippen LogP contribution in [-0.4, -0.2) is 36.4 Å². The SMILES string of the molecule is CCOC(=O)Cc1csc(NN=Cc2ccc(OC(=O)c3ccc(Cl)cc3Cl)c(OCC)c2)n1. The largest absolute Gasteiger partial charge is 0.490 e. The lowest BCUT2D eigenvalue weighted by atomic mass is 10.2. The van der Waals surface area contributed by atoms with Gasteiger partial charge >= 0.3 is 11.9 Å². The summed E-state index contributed by atoms with van der Waals surface area (Å²) in [6, 6.07) is 9.54. The Hall–Kier alpha value is -3.14. The highest BCUT2D eigenvalue weighted by Gasteiger charge is 2.16. The highest BCUT2D eigenvalue weighted by molar-refractivity contribution is 7.13. The van der Waals surface area contributed by atoms with E-state index in [1.165, 1.54) is 23.5 Å². The quantitative estimate of drug-likeness (QED) is 0.160. The predicted molar refractivity (Wildman–Crippen MR) is 133 cm³/mol. The molecule has 1 N–H and O–H groups in total. The molecule has 1 aromatic heterocycles. The lowest BCUT2D eigenvalue weighted by Gasteiger charge is -2.12. The van der Waals surface area contributed by atoms with Crippen LogP contribution in [0.15, 0.2) is 46.9 Å². The van der Waals surface area contributed by atoms with Gasteiger partial charge in [0.1, 0.15) is 0 Å². The van der Waals surface area contributed by atoms with Gasteiger partial charge in [0.05, 0.1) is 42.1 Å². The van der Waals surface area contributed by atoms with Crippen LogP contribution in [0.25, 0.3) is 0 Å². The molecular weight excluding hydrogens is 501 g/mol. The maximum absolute atomic E-state index is 12.5. The van der Waals surface area contributed by atoms with Gasteiger partial charge in [0.25, 0.3) is 0 Å². The van der Waals surface area contributed by atoms with Gasteiger partial charge in [-0.2, -0.15) is 5.10 Å². The van der Waals surface area contributed by atoms with Crippen molar-refractivity contribution in [1.82, 2.24) is 4.98 Å². The standard InChI is InChI=1S/C23H21Cl2N3O5S/c1-3-31-20-9-14(12-26-28-23-27-16(13-34-23)11-21(29)32-4-2)5-8-19(20)33-22(30)17-7-6-15(24)10-18(17)25/h5-10,12-13H,3-4,11H2,1-2H3,(H,27,28). The van der Waals surface area contributed by atoms with Crippen molar-refractivity contribution < 1.29 is 23.8 Å². The first-order chi connectivity index (χ1) is 16.4. The topological polar surface area (TPSA) is 99.1 Å². The number of rotatable bonds is 10. The number of carbonyl (C=O) groups excluding carboxylic acids is 2. The Labute approximate surface area is 210 Å². The Morgan fingerprint density at radius 2 is 1.94 bits per heavy atom. The molecule has 3 rings (SSSR count). The van der Waals surface area contributed by atoms with Gasteiger partial charge < -0.3 is 14.2 Å². The molecule has 0 fully saturated rings. The summed E-state index contributed by atoms with van der Waals surface area (Å²) in [5.41, 5.74) is 4.31. The Morgan fingerprint density at radius 3 is 2.68 bits per heavy atom. The van der Waals surface area contributed by atoms with Crippen LogP contribution in [0.4, 0.5) is 5.13 Å². The number of nitrogens with one attached hydrogen (secondary N) is 1. The minimum atomic E-state index is -0.631. The molecule has 0 spiro atoms. The number of benzene rings is 2. The molecule has 0 saturated carbocycles. The van der Waals surface area contributed by atoms with Gasteiger partial charge in [0.15, 0.2) is 11.5 Å². The minimum absolute atomic E-state index is 0.106. The molecule has 178 valence electrons. The Balaban J connectivity index is 1.66. The summed E-state index contributed by atoms with van der Waals surface area (Å²) in [5, 5.41) is 7.07. The fourth-order valence-corrected chi connectivity index (χ4v) is 3.87. The van der Waals surface area contributed by atoms with E-state index >= 15 is 0 Å². The molecule has 0 aliphatic carbocycles. The zero-order chi connectivity index (χ0) is 24.5. The van der Waals surface area contributed by atoms with E-state index in [2.05, 4.69) is 15.5 Å². The van der Waals surface area contributed by atoms with Crippen molar-refractivity contribution in [2.24, 2.45) is 5.10 Å². The number of hydrogen-bond donors (Lipinski definition) is 1. The molecule has 1 heterocycles. The Morgan fingerprint density at radius 1 is 1.12 bits per heavy atom. The third-order valence-corrected chi connectivity index (χ3v) is 5.52. The van der Waals surface area contributed by atoms with Gasteiger partial charge in [-0.15, -0.1) is 11.3 Å². The zero-order valence-corrected chi connectivity index (χ0v) is 20.7. The van der Waals surface area contributed by atoms with Crippen LogP contribution >= 0.6 is 34.5 Å². The number of hydrazone groups is 1. The first-order valence-electron chi connectivity index (χ1n) is 10.2. The molecule has 8 nitrogen and oxygen atoms in total. The van der Waals surface area contributed by atoms with Crippen molar-refractivity contribution in [1.29, 1.82) is 0 Å². The first kappa shape index (κ1) is 25.5. The smallest absolute Gasteiger partial charge is 0.345 e. The second kappa shape index (κ2) is 12.4. The molecular formula is C23H21Cl2N3O5S. The van der Waals surface area contributed by atoms with Crippen LogP contribution in [0.5, 0.6) is 11.5 Å². The van der Waals surface area contributed by atoms with Gasteiger partial charge in [-0.25, -0.2) is 9.78 Å². The number of hydrogen-bond acceptors (Lipinski definition) is 9. The third kappa shape index (κ3) is 7.18. The fourth-order valence-electron chi connectivity index (χ4n) is 2.73. The van der Waals surface area contributed by atoms with E-state index in [9.17, 15) is 9.59 Å². The fraction of sp³-hybridized carbons (Fsp3) is 0.217. The number of halogens is 2. The third-order valence-electron chi connectivity index (χ3n) is 4.18. The van der Waals surface area contributed by atoms with E-state index in [1.807, 2.05) is 6.92 Å². The molecule has 0 atom stereocenters. The highest BCUT2D eigenvalue weighted by Crippen LogP contribution is 2.30. The molecule has 0 unspecified atom stereocenters. The van der Waals surface area contributed by atoms with Crippen molar-refractivity contribution in [3.05, 3.63) is 68.6 Å². The van der Waals surface area contributed by atoms with E-state index < -0.39 is 5.97 Å². The van der Waals surface area contributed by atoms with E-state index in [-0.39, 0.29) is 28.7 Å². The van der Waals surface area contributed by atoms with Gasteiger partial charge in [-0.1, -0.05) is 23.2 Å². The van der Waals surface area contributed by atoms with Crippen LogP contribution in [0.3, 0.4) is 0 Å². The first-order valence-corrected chi connectivity index (χ1v) is 11.9. The summed E-state index contributed by atoms with van der Waals surface area (Å²) in [6.07, 6.45) is 1.67. The van der Waals surface area contributed by atoms with Crippen LogP contribution < -0.4 is 14.9 Å². The Bertz CT molecular complexity index is 1200. The highest BCUT2D eigenvalue weighted by atomic mass is 35.5. The predicted octanol–water partition coefficient (Wildman–Crippen LogP) is 5.62. The van der Waals surface area contributed by atoms with E-state index in [1.54, 1.807) is 42.8 Å². The van der Waals surface area contributed by atoms with Crippen LogP contribution in [0.2, 0.25) is 10.0 Å². The lowest BCUT2D eigenvalue weighted by Crippen LogP contribution is -2.10. The van der Waals surface area contributed by atoms with Crippen molar-refractivity contribution in [2.75, 3.05) is 18.6 Å². The number of esters is 2. The molecule has 0 radical (unpaired) electrons. The van der Waals surface area contributed by atoms with Gasteiger partial charge in [-0.3, -0.25) is 10.2 Å². The van der Waals surface area contributed by atoms with Crippen LogP contribution in [-0.2, 0) is 16.0 Å². The molecule has 0 aliphatic heterocycles. The summed E-state index contributed by atoms with van der Waals surface area (Å²) < 4.78 is 16.0. The lowest BCUT2D eigenvalue weighted by molar-refractivity contribution is -0.142. The maximum atomic E-state index is 12.5. The second-order valence-electron chi connectivity index (χ2n) is 6.65. The zero-order valence-electron chi connectivity index (χ0n) is 18.3. The van der Waals surface area contributed by atoms with E-state index in [0.29, 0.717) is 40.4 Å². The average molecular weight is 522 g/mol. The number of nitrogens with zero attached hydrogens (tertiary/aromatic N) is 2. The minimum Gasteiger partial charge on any atom is -0.490 e. The summed E-state index contributed by atoms with van der Waals surface area (Å²) in [5.74, 6) is -0.346. The summed E-state index contributed by atoms with van der Waals surface area (Å²) in [7, 11) is 0. The molecule has 3 aromatic rings. The number of ether oxygens (including phenoxy) is 3. The van der Waals surface area contributed by atoms with Gasteiger partial charge in [0, 0.05) is 10.4 Å². The number of anilines is 1. The molecule has 0 bridgehead atoms.